The Hall–Kier alpha value is -3.23. The molecule has 1 aromatic carbocycles. The van der Waals surface area contributed by atoms with E-state index in [2.05, 4.69) is 15.1 Å². The second kappa shape index (κ2) is 8.61. The smallest absolute Gasteiger partial charge is 0.410 e. The molecule has 2 unspecified atom stereocenters. The first-order valence-electron chi connectivity index (χ1n) is 11.1. The summed E-state index contributed by atoms with van der Waals surface area (Å²) in [6.07, 6.45) is 0.622. The number of rotatable bonds is 3. The number of carbonyl (C=O) groups excluding carboxylic acids is 1. The van der Waals surface area contributed by atoms with Crippen molar-refractivity contribution in [3.8, 4) is 11.8 Å². The van der Waals surface area contributed by atoms with Gasteiger partial charge in [0.15, 0.2) is 5.82 Å². The predicted molar refractivity (Wildman–Crippen MR) is 123 cm³/mol. The third-order valence-corrected chi connectivity index (χ3v) is 5.77. The number of piperidine rings is 1. The van der Waals surface area contributed by atoms with Crippen LogP contribution in [0.5, 0.6) is 6.01 Å². The Balaban J connectivity index is 1.64. The normalized spacial score (nSPS) is 19.1. The molecule has 0 saturated carbocycles. The number of halogens is 1. The Kier molecular flexibility index (Phi) is 5.99. The van der Waals surface area contributed by atoms with E-state index >= 15 is 4.39 Å². The van der Waals surface area contributed by atoms with Crippen molar-refractivity contribution in [3.63, 3.8) is 0 Å². The molecule has 8 nitrogen and oxygen atoms in total. The van der Waals surface area contributed by atoms with Crippen LogP contribution >= 0.6 is 0 Å². The fraction of sp³-hybridized carbons (Fsp3) is 0.500. The molecular weight excluding hydrogens is 425 g/mol. The Bertz CT molecular complexity index is 1190. The fourth-order valence-electron chi connectivity index (χ4n) is 4.26. The van der Waals surface area contributed by atoms with Crippen LogP contribution in [0.2, 0.25) is 0 Å². The molecule has 0 N–H and O–H groups in total. The SMILES string of the molecule is COc1nc(C)cc(-n2ncc3cc(C)c(C4CCN(C(=O)OC(C)(C)C)CC4F)cc32)n1. The standard InChI is InChI=1S/C24H30FN5O3/c1-14-9-16-12-26-30(21-10-15(2)27-22(28-21)32-6)20(16)11-18(14)17-7-8-29(13-19(17)25)23(31)33-24(3,4)5/h9-12,17,19H,7-8,13H2,1-6H3. The maximum absolute atomic E-state index is 15.3. The third-order valence-electron chi connectivity index (χ3n) is 5.77. The minimum atomic E-state index is -1.19. The van der Waals surface area contributed by atoms with Crippen molar-refractivity contribution >= 4 is 17.0 Å². The van der Waals surface area contributed by atoms with Crippen molar-refractivity contribution in [2.45, 2.75) is 58.7 Å². The fourth-order valence-corrected chi connectivity index (χ4v) is 4.26. The second-order valence-electron chi connectivity index (χ2n) is 9.52. The topological polar surface area (TPSA) is 82.4 Å². The van der Waals surface area contributed by atoms with E-state index in [9.17, 15) is 4.79 Å². The van der Waals surface area contributed by atoms with Crippen LogP contribution in [0.25, 0.3) is 16.7 Å². The number of methoxy groups -OCH3 is 1. The maximum Gasteiger partial charge on any atom is 0.410 e. The molecule has 0 aliphatic carbocycles. The van der Waals surface area contributed by atoms with Gasteiger partial charge in [-0.15, -0.1) is 0 Å². The molecule has 3 heterocycles. The lowest BCUT2D eigenvalue weighted by Crippen LogP contribution is -2.46. The largest absolute Gasteiger partial charge is 0.467 e. The number of ether oxygens (including phenoxy) is 2. The number of alkyl halides is 1. The van der Waals surface area contributed by atoms with Gasteiger partial charge in [0.1, 0.15) is 11.8 Å². The molecule has 1 saturated heterocycles. The van der Waals surface area contributed by atoms with Gasteiger partial charge in [0.25, 0.3) is 0 Å². The van der Waals surface area contributed by atoms with Gasteiger partial charge in [-0.3, -0.25) is 0 Å². The molecule has 1 fully saturated rings. The van der Waals surface area contributed by atoms with Gasteiger partial charge >= 0.3 is 12.1 Å². The highest BCUT2D eigenvalue weighted by atomic mass is 19.1. The van der Waals surface area contributed by atoms with Gasteiger partial charge in [-0.2, -0.15) is 10.1 Å². The van der Waals surface area contributed by atoms with Crippen LogP contribution in [0.15, 0.2) is 24.4 Å². The first kappa shape index (κ1) is 22.9. The number of benzene rings is 1. The summed E-state index contributed by atoms with van der Waals surface area (Å²) in [4.78, 5) is 22.5. The number of fused-ring (bicyclic) bond motifs is 1. The van der Waals surface area contributed by atoms with Gasteiger partial charge in [0.2, 0.25) is 0 Å². The molecule has 1 aliphatic heterocycles. The highest BCUT2D eigenvalue weighted by molar-refractivity contribution is 5.82. The number of aryl methyl sites for hydroxylation is 2. The van der Waals surface area contributed by atoms with Crippen LogP contribution in [0.3, 0.4) is 0 Å². The van der Waals surface area contributed by atoms with Gasteiger partial charge in [-0.25, -0.2) is 18.9 Å². The summed E-state index contributed by atoms with van der Waals surface area (Å²) in [5.74, 6) is 0.263. The van der Waals surface area contributed by atoms with Gasteiger partial charge in [-0.1, -0.05) is 0 Å². The van der Waals surface area contributed by atoms with Gasteiger partial charge in [-0.05, 0) is 64.3 Å². The minimum Gasteiger partial charge on any atom is -0.467 e. The van der Waals surface area contributed by atoms with E-state index in [4.69, 9.17) is 9.47 Å². The summed E-state index contributed by atoms with van der Waals surface area (Å²) in [5.41, 5.74) is 2.89. The number of carbonyl (C=O) groups is 1. The van der Waals surface area contributed by atoms with Crippen molar-refractivity contribution in [3.05, 3.63) is 41.2 Å². The van der Waals surface area contributed by atoms with E-state index in [0.717, 1.165) is 27.7 Å². The Morgan fingerprint density at radius 2 is 1.94 bits per heavy atom. The summed E-state index contributed by atoms with van der Waals surface area (Å²) in [6.45, 7) is 9.72. The molecule has 1 amide bonds. The molecule has 3 aromatic rings. The number of aromatic nitrogens is 4. The van der Waals surface area contributed by atoms with E-state index in [1.54, 1.807) is 31.6 Å². The molecule has 176 valence electrons. The first-order chi connectivity index (χ1) is 15.6. The molecule has 2 atom stereocenters. The number of hydrogen-bond acceptors (Lipinski definition) is 6. The van der Waals surface area contributed by atoms with Gasteiger partial charge < -0.3 is 14.4 Å². The zero-order valence-electron chi connectivity index (χ0n) is 19.9. The molecular formula is C24H30FN5O3. The van der Waals surface area contributed by atoms with Crippen molar-refractivity contribution in [2.75, 3.05) is 20.2 Å². The lowest BCUT2D eigenvalue weighted by molar-refractivity contribution is 0.0111. The maximum atomic E-state index is 15.3. The predicted octanol–water partition coefficient (Wildman–Crippen LogP) is 4.50. The summed E-state index contributed by atoms with van der Waals surface area (Å²) < 4.78 is 27.7. The second-order valence-corrected chi connectivity index (χ2v) is 9.52. The number of hydrogen-bond donors (Lipinski definition) is 0. The summed E-state index contributed by atoms with van der Waals surface area (Å²) in [6, 6.07) is 6.10. The molecule has 2 aromatic heterocycles. The molecule has 0 radical (unpaired) electrons. The molecule has 33 heavy (non-hydrogen) atoms. The molecule has 0 bridgehead atoms. The van der Waals surface area contributed by atoms with Crippen molar-refractivity contribution < 1.29 is 18.7 Å². The molecule has 1 aliphatic rings. The quantitative estimate of drug-likeness (QED) is 0.578. The van der Waals surface area contributed by atoms with Crippen LogP contribution in [-0.4, -0.2) is 62.7 Å². The summed E-state index contributed by atoms with van der Waals surface area (Å²) in [5, 5.41) is 5.44. The van der Waals surface area contributed by atoms with E-state index < -0.39 is 17.9 Å². The summed E-state index contributed by atoms with van der Waals surface area (Å²) in [7, 11) is 1.52. The molecule has 4 rings (SSSR count). The van der Waals surface area contributed by atoms with Crippen molar-refractivity contribution in [1.82, 2.24) is 24.6 Å². The summed E-state index contributed by atoms with van der Waals surface area (Å²) >= 11 is 0. The third kappa shape index (κ3) is 4.77. The average Bonchev–Trinajstić information content (AvgIpc) is 3.14. The highest BCUT2D eigenvalue weighted by Gasteiger charge is 2.35. The van der Waals surface area contributed by atoms with Crippen LogP contribution in [0, 0.1) is 13.8 Å². The van der Waals surface area contributed by atoms with Crippen LogP contribution in [0.1, 0.15) is 49.9 Å². The van der Waals surface area contributed by atoms with Crippen molar-refractivity contribution in [2.24, 2.45) is 0 Å². The van der Waals surface area contributed by atoms with E-state index in [1.807, 2.05) is 32.0 Å². The van der Waals surface area contributed by atoms with Crippen LogP contribution in [0.4, 0.5) is 9.18 Å². The van der Waals surface area contributed by atoms with E-state index in [1.165, 1.54) is 12.0 Å². The highest BCUT2D eigenvalue weighted by Crippen LogP contribution is 2.35. The monoisotopic (exact) mass is 455 g/mol. The molecule has 9 heteroatoms. The van der Waals surface area contributed by atoms with E-state index in [0.29, 0.717) is 18.8 Å². The van der Waals surface area contributed by atoms with Gasteiger partial charge in [0.05, 0.1) is 25.4 Å². The van der Waals surface area contributed by atoms with Crippen LogP contribution < -0.4 is 4.74 Å². The molecule has 0 spiro atoms. The van der Waals surface area contributed by atoms with E-state index in [-0.39, 0.29) is 18.5 Å². The zero-order chi connectivity index (χ0) is 23.9. The number of amides is 1. The lowest BCUT2D eigenvalue weighted by atomic mass is 9.85. The zero-order valence-corrected chi connectivity index (χ0v) is 19.9. The van der Waals surface area contributed by atoms with Crippen molar-refractivity contribution in [1.29, 1.82) is 0 Å². The van der Waals surface area contributed by atoms with Crippen LogP contribution in [-0.2, 0) is 4.74 Å². The average molecular weight is 456 g/mol. The first-order valence-corrected chi connectivity index (χ1v) is 11.1. The Morgan fingerprint density at radius 1 is 1.18 bits per heavy atom. The van der Waals surface area contributed by atoms with Gasteiger partial charge in [0, 0.05) is 29.6 Å². The lowest BCUT2D eigenvalue weighted by Gasteiger charge is -2.36. The number of nitrogens with zero attached hydrogens (tertiary/aromatic N) is 5. The Labute approximate surface area is 192 Å². The minimum absolute atomic E-state index is 0.0125. The number of likely N-dealkylation sites (tertiary alicyclic amines) is 1. The Morgan fingerprint density at radius 3 is 2.61 bits per heavy atom.